The number of nitrogens with zero attached hydrogens (tertiary/aromatic N) is 4. The molecule has 1 aromatic heterocycles. The van der Waals surface area contributed by atoms with Gasteiger partial charge >= 0.3 is 0 Å². The van der Waals surface area contributed by atoms with Crippen molar-refractivity contribution in [1.29, 1.82) is 0 Å². The Kier molecular flexibility index (Phi) is 7.38. The molecular weight excluding hydrogens is 520 g/mol. The SMILES string of the molecule is CC1CN(C(=NC2CC3CC(C2C)C3(C)C)Nc2ccc3c(=O)n(CCc4ccc(Cl)cc4)cnc3c2)CCN1. The predicted molar refractivity (Wildman–Crippen MR) is 164 cm³/mol. The molecule has 7 rings (SSSR count). The Bertz CT molecular complexity index is 1460. The molecule has 2 bridgehead atoms. The van der Waals surface area contributed by atoms with Crippen LogP contribution in [0.2, 0.25) is 5.02 Å². The highest BCUT2D eigenvalue weighted by atomic mass is 35.5. The number of aryl methyl sites for hydroxylation is 2. The van der Waals surface area contributed by atoms with Crippen molar-refractivity contribution in [2.45, 2.75) is 65.6 Å². The molecule has 7 nitrogen and oxygen atoms in total. The highest BCUT2D eigenvalue weighted by Gasteiger charge is 2.56. The van der Waals surface area contributed by atoms with Gasteiger partial charge in [0, 0.05) is 42.9 Å². The lowest BCUT2D eigenvalue weighted by atomic mass is 9.45. The van der Waals surface area contributed by atoms with Crippen molar-refractivity contribution in [2.24, 2.45) is 28.2 Å². The molecule has 5 atom stereocenters. The van der Waals surface area contributed by atoms with Gasteiger partial charge < -0.3 is 15.5 Å². The van der Waals surface area contributed by atoms with E-state index >= 15 is 0 Å². The fourth-order valence-electron chi connectivity index (χ4n) is 7.19. The van der Waals surface area contributed by atoms with Crippen LogP contribution < -0.4 is 16.2 Å². The zero-order valence-electron chi connectivity index (χ0n) is 24.0. The first-order chi connectivity index (χ1) is 19.2. The predicted octanol–water partition coefficient (Wildman–Crippen LogP) is 5.42. The molecule has 3 aromatic rings. The van der Waals surface area contributed by atoms with Crippen molar-refractivity contribution in [2.75, 3.05) is 25.0 Å². The van der Waals surface area contributed by atoms with Crippen LogP contribution in [0.3, 0.4) is 0 Å². The van der Waals surface area contributed by atoms with Crippen LogP contribution in [0.25, 0.3) is 10.9 Å². The first kappa shape index (κ1) is 27.3. The number of halogens is 1. The Morgan fingerprint density at radius 2 is 1.98 bits per heavy atom. The van der Waals surface area contributed by atoms with Gasteiger partial charge in [0.1, 0.15) is 0 Å². The van der Waals surface area contributed by atoms with Crippen molar-refractivity contribution in [3.63, 3.8) is 0 Å². The quantitative estimate of drug-likeness (QED) is 0.322. The average Bonchev–Trinajstić information content (AvgIpc) is 2.94. The highest BCUT2D eigenvalue weighted by Crippen LogP contribution is 2.61. The van der Waals surface area contributed by atoms with E-state index in [1.54, 1.807) is 10.9 Å². The summed E-state index contributed by atoms with van der Waals surface area (Å²) in [5.74, 6) is 3.02. The van der Waals surface area contributed by atoms with E-state index in [4.69, 9.17) is 16.6 Å². The number of anilines is 1. The fourth-order valence-corrected chi connectivity index (χ4v) is 7.32. The molecule has 5 unspecified atom stereocenters. The zero-order chi connectivity index (χ0) is 28.0. The number of nitrogens with one attached hydrogen (secondary N) is 2. The maximum Gasteiger partial charge on any atom is 0.261 e. The van der Waals surface area contributed by atoms with Crippen LogP contribution in [0.1, 0.15) is 46.1 Å². The first-order valence-electron chi connectivity index (χ1n) is 14.8. The number of piperazine rings is 1. The molecule has 1 aliphatic heterocycles. The number of benzene rings is 2. The lowest BCUT2D eigenvalue weighted by Crippen LogP contribution is -2.57. The van der Waals surface area contributed by atoms with Crippen LogP contribution in [-0.4, -0.2) is 52.1 Å². The zero-order valence-corrected chi connectivity index (χ0v) is 24.8. The Hall–Kier alpha value is -2.90. The van der Waals surface area contributed by atoms with Crippen LogP contribution in [-0.2, 0) is 13.0 Å². The molecule has 2 heterocycles. The van der Waals surface area contributed by atoms with Crippen molar-refractivity contribution < 1.29 is 0 Å². The van der Waals surface area contributed by atoms with Crippen molar-refractivity contribution in [3.8, 4) is 0 Å². The molecule has 0 radical (unpaired) electrons. The van der Waals surface area contributed by atoms with Gasteiger partial charge in [0.05, 0.1) is 23.3 Å². The molecule has 2 N–H and O–H groups in total. The van der Waals surface area contributed by atoms with E-state index in [1.807, 2.05) is 42.5 Å². The topological polar surface area (TPSA) is 74.5 Å². The molecule has 1 saturated heterocycles. The van der Waals surface area contributed by atoms with E-state index in [0.29, 0.717) is 45.9 Å². The number of fused-ring (bicyclic) bond motifs is 3. The summed E-state index contributed by atoms with van der Waals surface area (Å²) in [5.41, 5.74) is 3.16. The van der Waals surface area contributed by atoms with Gasteiger partial charge in [-0.2, -0.15) is 0 Å². The minimum atomic E-state index is -0.0202. The van der Waals surface area contributed by atoms with E-state index in [1.165, 1.54) is 6.42 Å². The Morgan fingerprint density at radius 1 is 1.18 bits per heavy atom. The van der Waals surface area contributed by atoms with E-state index < -0.39 is 0 Å². The number of hydrogen-bond acceptors (Lipinski definition) is 4. The third-order valence-corrected chi connectivity index (χ3v) is 10.2. The molecule has 8 heteroatoms. The van der Waals surface area contributed by atoms with Gasteiger partial charge in [-0.05, 0) is 85.3 Å². The van der Waals surface area contributed by atoms with Crippen LogP contribution in [0.4, 0.5) is 5.69 Å². The van der Waals surface area contributed by atoms with Crippen LogP contribution >= 0.6 is 11.6 Å². The van der Waals surface area contributed by atoms with Gasteiger partial charge in [-0.3, -0.25) is 9.36 Å². The summed E-state index contributed by atoms with van der Waals surface area (Å²) in [6.45, 7) is 12.8. The second kappa shape index (κ2) is 10.8. The molecule has 4 aliphatic rings. The monoisotopic (exact) mass is 560 g/mol. The minimum Gasteiger partial charge on any atom is -0.340 e. The molecular formula is C32H41ClN6O. The Morgan fingerprint density at radius 3 is 2.70 bits per heavy atom. The summed E-state index contributed by atoms with van der Waals surface area (Å²) in [6.07, 6.45) is 4.91. The molecule has 0 amide bonds. The molecule has 40 heavy (non-hydrogen) atoms. The average molecular weight is 561 g/mol. The number of rotatable bonds is 5. The lowest BCUT2D eigenvalue weighted by molar-refractivity contribution is -0.108. The van der Waals surface area contributed by atoms with Gasteiger partial charge in [-0.25, -0.2) is 9.98 Å². The second-order valence-electron chi connectivity index (χ2n) is 12.8. The lowest BCUT2D eigenvalue weighted by Gasteiger charge is -2.61. The van der Waals surface area contributed by atoms with E-state index in [-0.39, 0.29) is 5.56 Å². The summed E-state index contributed by atoms with van der Waals surface area (Å²) in [4.78, 5) is 25.7. The molecule has 2 aromatic carbocycles. The maximum absolute atomic E-state index is 13.2. The first-order valence-corrected chi connectivity index (χ1v) is 15.1. The standard InChI is InChI=1S/C32H41ClN6O/c1-20-18-38(14-12-34-20)31(37-28-16-23-15-27(21(28)2)32(23,3)4)36-25-9-10-26-29(17-25)35-19-39(30(26)40)13-11-22-5-7-24(33)8-6-22/h5-10,17,19-21,23,27-28,34H,11-16,18H2,1-4H3,(H,36,37). The van der Waals surface area contributed by atoms with Crippen molar-refractivity contribution in [3.05, 3.63) is 69.7 Å². The van der Waals surface area contributed by atoms with Crippen LogP contribution in [0, 0.1) is 23.2 Å². The number of aliphatic imine (C=N–C) groups is 1. The minimum absolute atomic E-state index is 0.0202. The summed E-state index contributed by atoms with van der Waals surface area (Å²) >= 11 is 6.00. The smallest absolute Gasteiger partial charge is 0.261 e. The third-order valence-electron chi connectivity index (χ3n) is 9.91. The number of hydrogen-bond donors (Lipinski definition) is 2. The third kappa shape index (κ3) is 5.26. The summed E-state index contributed by atoms with van der Waals surface area (Å²) < 4.78 is 1.69. The maximum atomic E-state index is 13.2. The summed E-state index contributed by atoms with van der Waals surface area (Å²) in [5, 5.41) is 8.54. The van der Waals surface area contributed by atoms with Crippen LogP contribution in [0.5, 0.6) is 0 Å². The number of guanidine groups is 1. The largest absolute Gasteiger partial charge is 0.340 e. The molecule has 212 valence electrons. The second-order valence-corrected chi connectivity index (χ2v) is 13.2. The van der Waals surface area contributed by atoms with Gasteiger partial charge in [0.25, 0.3) is 5.56 Å². The Balaban J connectivity index is 1.23. The van der Waals surface area contributed by atoms with Gasteiger partial charge in [0.2, 0.25) is 0 Å². The van der Waals surface area contributed by atoms with E-state index in [9.17, 15) is 4.79 Å². The van der Waals surface area contributed by atoms with Gasteiger partial charge in [-0.1, -0.05) is 44.5 Å². The van der Waals surface area contributed by atoms with Gasteiger partial charge in [0.15, 0.2) is 5.96 Å². The number of aromatic nitrogens is 2. The van der Waals surface area contributed by atoms with E-state index in [2.05, 4.69) is 48.2 Å². The molecule has 3 saturated carbocycles. The van der Waals surface area contributed by atoms with Crippen LogP contribution in [0.15, 0.2) is 58.6 Å². The Labute approximate surface area is 242 Å². The highest BCUT2D eigenvalue weighted by molar-refractivity contribution is 6.30. The van der Waals surface area contributed by atoms with Gasteiger partial charge in [-0.15, -0.1) is 0 Å². The normalized spacial score (nSPS) is 27.9. The van der Waals surface area contributed by atoms with Crippen molar-refractivity contribution >= 4 is 34.2 Å². The molecule has 0 spiro atoms. The summed E-state index contributed by atoms with van der Waals surface area (Å²) in [7, 11) is 0. The van der Waals surface area contributed by atoms with E-state index in [0.717, 1.165) is 61.5 Å². The molecule has 4 fully saturated rings. The van der Waals surface area contributed by atoms with Crippen molar-refractivity contribution in [1.82, 2.24) is 19.8 Å². The molecule has 3 aliphatic carbocycles. The summed E-state index contributed by atoms with van der Waals surface area (Å²) in [6, 6.07) is 14.3. The fraction of sp³-hybridized carbons (Fsp3) is 0.531.